The van der Waals surface area contributed by atoms with Crippen molar-refractivity contribution in [2.75, 3.05) is 52.4 Å². The van der Waals surface area contributed by atoms with E-state index in [2.05, 4.69) is 79.1 Å². The number of hydrogen-bond acceptors (Lipinski definition) is 29. The third kappa shape index (κ3) is 45.9. The smallest absolute Gasteiger partial charge is 0.305 e. The molecule has 2 aromatic carbocycles. The van der Waals surface area contributed by atoms with Crippen LogP contribution in [-0.4, -0.2) is 301 Å². The average Bonchev–Trinajstić information content (AvgIpc) is 1.64. The van der Waals surface area contributed by atoms with Gasteiger partial charge in [-0.3, -0.25) is 107 Å². The first-order valence-electron chi connectivity index (χ1n) is 51.4. The molecule has 50 nitrogen and oxygen atoms in total. The topological polar surface area (TPSA) is 844 Å². The summed E-state index contributed by atoms with van der Waals surface area (Å²) in [5, 5.41) is 90.8. The number of phenolic OH excluding ortho intramolecular Hbond substituents is 2. The molecule has 0 radical (unpaired) electrons. The lowest BCUT2D eigenvalue weighted by molar-refractivity contribution is -0.149. The van der Waals surface area contributed by atoms with Crippen molar-refractivity contribution in [2.24, 2.45) is 69.7 Å². The number of carboxylic acid groups (broad SMARTS) is 1. The van der Waals surface area contributed by atoms with E-state index in [9.17, 15) is 97.1 Å². The number of ketones is 4. The van der Waals surface area contributed by atoms with Crippen LogP contribution in [0.2, 0.25) is 0 Å². The van der Waals surface area contributed by atoms with E-state index < -0.39 is 253 Å². The van der Waals surface area contributed by atoms with Gasteiger partial charge in [-0.25, -0.2) is 4.98 Å². The molecular weight excluding hydrogens is 1950 g/mol. The lowest BCUT2D eigenvalue weighted by Crippen LogP contribution is -2.62. The maximum absolute atomic E-state index is 15.4. The highest BCUT2D eigenvalue weighted by atomic mass is 16.4. The van der Waals surface area contributed by atoms with E-state index in [1.165, 1.54) is 70.9 Å². The van der Waals surface area contributed by atoms with Gasteiger partial charge in [0.25, 0.3) is 0 Å². The molecule has 34 N–H and O–H groups in total. The van der Waals surface area contributed by atoms with E-state index in [0.29, 0.717) is 30.4 Å². The van der Waals surface area contributed by atoms with Gasteiger partial charge in [0.2, 0.25) is 88.6 Å². The minimum atomic E-state index is -2.09. The van der Waals surface area contributed by atoms with Crippen molar-refractivity contribution < 1.29 is 116 Å². The Kier molecular flexibility index (Phi) is 55.8. The number of likely N-dealkylation sites (tertiary alicyclic amines) is 2. The molecule has 16 atom stereocenters. The van der Waals surface area contributed by atoms with E-state index in [1.54, 1.807) is 34.6 Å². The summed E-state index contributed by atoms with van der Waals surface area (Å²) in [5.74, 6) is -22.4. The minimum Gasteiger partial charge on any atom is -0.508 e. The van der Waals surface area contributed by atoms with E-state index in [4.69, 9.17) is 51.0 Å². The first-order chi connectivity index (χ1) is 71.1. The third-order valence-electron chi connectivity index (χ3n) is 25.7. The van der Waals surface area contributed by atoms with Gasteiger partial charge >= 0.3 is 5.97 Å². The molecule has 3 heterocycles. The quantitative estimate of drug-likeness (QED) is 0.0151. The molecular formula is C100H158N26O24. The summed E-state index contributed by atoms with van der Waals surface area (Å²) in [7, 11) is 0. The summed E-state index contributed by atoms with van der Waals surface area (Å²) >= 11 is 0. The van der Waals surface area contributed by atoms with Crippen molar-refractivity contribution in [3.8, 4) is 11.5 Å². The van der Waals surface area contributed by atoms with Gasteiger partial charge in [0.15, 0.2) is 35.1 Å². The van der Waals surface area contributed by atoms with Crippen molar-refractivity contribution in [2.45, 2.75) is 319 Å². The average molecular weight is 2110 g/mol. The number of aromatic nitrogens is 2. The monoisotopic (exact) mass is 2110 g/mol. The summed E-state index contributed by atoms with van der Waals surface area (Å²) in [5.41, 5.74) is 41.1. The molecule has 0 unspecified atom stereocenters. The fourth-order valence-electron chi connectivity index (χ4n) is 17.6. The Labute approximate surface area is 872 Å². The van der Waals surface area contributed by atoms with Crippen molar-refractivity contribution in [3.63, 3.8) is 0 Å². The number of Topliss-reactive ketones (excluding diaryl/α,β-unsaturated/α-hetero) is 4. The predicted octanol–water partition coefficient (Wildman–Crippen LogP) is -3.11. The molecule has 50 heteroatoms. The number of benzene rings is 2. The minimum absolute atomic E-state index is 0.00214. The normalized spacial score (nSPS) is 16.1. The van der Waals surface area contributed by atoms with Gasteiger partial charge < -0.3 is 144 Å². The third-order valence-corrected chi connectivity index (χ3v) is 25.7. The van der Waals surface area contributed by atoms with Crippen LogP contribution in [0.15, 0.2) is 61.1 Å². The number of nitrogens with one attached hydrogen (secondary N) is 16. The number of imidazole rings is 1. The van der Waals surface area contributed by atoms with E-state index >= 15 is 19.2 Å². The van der Waals surface area contributed by atoms with Crippen molar-refractivity contribution in [1.82, 2.24) is 88.9 Å². The van der Waals surface area contributed by atoms with Crippen molar-refractivity contribution in [1.29, 1.82) is 10.8 Å². The number of carbonyl (C=O) groups excluding carboxylic acids is 19. The van der Waals surface area contributed by atoms with Gasteiger partial charge in [0, 0.05) is 108 Å². The number of carbonyl (C=O) groups is 20. The molecule has 0 bridgehead atoms. The summed E-state index contributed by atoms with van der Waals surface area (Å²) in [6.45, 7) is 10.1. The van der Waals surface area contributed by atoms with Crippen LogP contribution in [0, 0.1) is 40.4 Å². The zero-order valence-electron chi connectivity index (χ0n) is 86.6. The molecule has 2 aliphatic heterocycles. The number of aliphatic hydroxyl groups excluding tert-OH is 1. The molecule has 832 valence electrons. The van der Waals surface area contributed by atoms with Gasteiger partial charge in [-0.15, -0.1) is 0 Å². The lowest BCUT2D eigenvalue weighted by atomic mass is 9.87. The van der Waals surface area contributed by atoms with Crippen LogP contribution in [0.3, 0.4) is 0 Å². The number of aliphatic hydroxyl groups is 1. The number of phenols is 2. The zero-order valence-corrected chi connectivity index (χ0v) is 86.6. The van der Waals surface area contributed by atoms with Crippen LogP contribution < -0.4 is 109 Å². The number of amides is 15. The Hall–Kier alpha value is -14.2. The molecule has 0 spiro atoms. The number of guanidine groups is 2. The number of unbranched alkanes of at least 4 members (excludes halogenated alkanes) is 3. The molecule has 150 heavy (non-hydrogen) atoms. The molecule has 2 aliphatic rings. The van der Waals surface area contributed by atoms with Gasteiger partial charge in [-0.05, 0) is 202 Å². The van der Waals surface area contributed by atoms with Crippen LogP contribution in [0.4, 0.5) is 0 Å². The van der Waals surface area contributed by atoms with Crippen molar-refractivity contribution >= 4 is 130 Å². The van der Waals surface area contributed by atoms with Crippen molar-refractivity contribution in [3.05, 3.63) is 77.9 Å². The lowest BCUT2D eigenvalue weighted by Gasteiger charge is -2.33. The second-order valence-electron chi connectivity index (χ2n) is 39.1. The number of nitrogens with two attached hydrogens (primary N) is 7. The number of rotatable bonds is 73. The number of aromatic amines is 1. The number of carboxylic acids is 1. The second kappa shape index (κ2) is 66.3. The summed E-state index contributed by atoms with van der Waals surface area (Å²) in [4.78, 5) is 293. The summed E-state index contributed by atoms with van der Waals surface area (Å²) in [6, 6.07) is -6.90. The Morgan fingerprint density at radius 1 is 0.440 bits per heavy atom. The van der Waals surface area contributed by atoms with E-state index in [-0.39, 0.29) is 235 Å². The maximum atomic E-state index is 15.4. The van der Waals surface area contributed by atoms with Gasteiger partial charge in [-0.1, -0.05) is 65.3 Å². The Balaban J connectivity index is 1.39. The number of hydrogen-bond donors (Lipinski definition) is 27. The molecule has 0 saturated carbocycles. The number of aromatic hydroxyl groups is 2. The zero-order chi connectivity index (χ0) is 111. The molecule has 15 amide bonds. The number of H-pyrrole nitrogens is 1. The highest BCUT2D eigenvalue weighted by Gasteiger charge is 2.47. The van der Waals surface area contributed by atoms with Crippen LogP contribution in [0.25, 0.3) is 0 Å². The summed E-state index contributed by atoms with van der Waals surface area (Å²) in [6.07, 6.45) is -1.65. The van der Waals surface area contributed by atoms with Crippen LogP contribution in [-0.2, 0) is 115 Å². The van der Waals surface area contributed by atoms with Crippen LogP contribution >= 0.6 is 0 Å². The fraction of sp³-hybridized carbons (Fsp3) is 0.630. The molecule has 3 aromatic rings. The number of primary amides is 2. The van der Waals surface area contributed by atoms with Gasteiger partial charge in [-0.2, -0.15) is 0 Å². The summed E-state index contributed by atoms with van der Waals surface area (Å²) < 4.78 is 0. The first-order valence-corrected chi connectivity index (χ1v) is 51.4. The largest absolute Gasteiger partial charge is 0.508 e. The standard InChI is InChI=1S/C100H158N26O24/c1-7-83(135)113-54-67(130)34-36-84(136)115-72(46-59-25-30-65(128)31-26-59)80(132)49-62(29-35-82(104)134)89(141)116-68(20-9-12-38-102)79(131)48-61(18-8-11-37-101)88(140)119-71(44-56(2)3)81(133)50-63(19-14-40-111-99(106)107)97(149)126-43-17-24-78(126)98(150)125-42-16-23-77(125)95(147)122-75(51-64-53-110-55-114-64)94(146)124-86(58(6)127)96(148)123-76(52-85(137)138)93(145)117-69(21-10-13-39-103)91(143)121-74(47-60-27-32-66(129)33-28-60)92(144)118-70(22-15-41-112-100(108)109)90(142)120-73(87(105)139)45-57(4)5/h25-28,30-33,53,55-58,61-63,68-78,86,127-129H,7-24,29,34-52,54,101-103H2,1-6H3,(H2,104,134)(H2,105,139)(H,110,114)(H,113,135)(H,115,136)(H,116,141)(H,117,145)(H,118,144)(H,119,140)(H,120,142)(H,121,143)(H,122,147)(H,123,148)(H,124,146)(H,137,138)(H4,106,107,111)(H4,108,109,112)/t58-,61-,62-,63-,68+,69+,70+,71+,72+,73+,74+,75+,76+,77+,78+,86+/m1/s1. The molecule has 0 aliphatic carbocycles. The predicted molar refractivity (Wildman–Crippen MR) is 549 cm³/mol. The van der Waals surface area contributed by atoms with Gasteiger partial charge in [0.1, 0.15) is 65.9 Å². The van der Waals surface area contributed by atoms with E-state index in [1.807, 2.05) is 0 Å². The number of nitrogens with zero attached hydrogens (tertiary/aromatic N) is 3. The molecule has 2 saturated heterocycles. The molecule has 2 fully saturated rings. The maximum Gasteiger partial charge on any atom is 0.305 e. The molecule has 1 aromatic heterocycles. The Bertz CT molecular complexity index is 5010. The Morgan fingerprint density at radius 2 is 0.880 bits per heavy atom. The van der Waals surface area contributed by atoms with Crippen LogP contribution in [0.5, 0.6) is 11.5 Å². The van der Waals surface area contributed by atoms with Crippen LogP contribution in [0.1, 0.15) is 238 Å². The van der Waals surface area contributed by atoms with E-state index in [0.717, 1.165) is 6.92 Å². The first kappa shape index (κ1) is 126. The number of aliphatic carboxylic acids is 1. The molecule has 5 rings (SSSR count). The second-order valence-corrected chi connectivity index (χ2v) is 39.1. The SMILES string of the molecule is CCC(=O)NCC(=O)CCC(=O)N[C@@H](Cc1ccc(O)cc1)C(=O)C[C@@H](CCC(N)=O)C(=O)N[C@@H](CCCCN)C(=O)C[C@@H](CCCCN)C(=O)N[C@@H](CC(C)C)C(=O)C[C@@H](CCCNC(=N)N)C(=O)N1CCC[C@H]1C(=O)N1CCC[C@H]1C(=O)N[C@@H](Cc1c[nH]cn1)C(=O)N[C@H](C(=O)N[C@@H](CC(=O)O)C(=O)N[C@@H](CCCCN)C(=O)N[C@@H](Cc1ccc(O)cc1)C(=O)N[C@@H](CCCNC(=N)N)C(=O)N[C@@H](CC(C)C)C(N)=O)[C@@H](C)O. The fourth-order valence-corrected chi connectivity index (χ4v) is 17.6. The highest BCUT2D eigenvalue weighted by molar-refractivity contribution is 6.02. The highest BCUT2D eigenvalue weighted by Crippen LogP contribution is 2.31. The van der Waals surface area contributed by atoms with Gasteiger partial charge in [0.05, 0.1) is 49.2 Å². The Morgan fingerprint density at radius 3 is 1.40 bits per heavy atom.